The van der Waals surface area contributed by atoms with E-state index >= 15 is 0 Å². The minimum Gasteiger partial charge on any atom is -0.355 e. The molecule has 0 aromatic carbocycles. The second-order valence-electron chi connectivity index (χ2n) is 6.21. The summed E-state index contributed by atoms with van der Waals surface area (Å²) in [5, 5.41) is 8.43. The predicted molar refractivity (Wildman–Crippen MR) is 84.8 cm³/mol. The highest BCUT2D eigenvalue weighted by Crippen LogP contribution is 2.22. The Kier molecular flexibility index (Phi) is 4.53. The van der Waals surface area contributed by atoms with Gasteiger partial charge in [-0.1, -0.05) is 13.8 Å². The van der Waals surface area contributed by atoms with Crippen LogP contribution in [-0.4, -0.2) is 65.9 Å². The zero-order chi connectivity index (χ0) is 14.7. The van der Waals surface area contributed by atoms with Crippen molar-refractivity contribution < 1.29 is 0 Å². The molecule has 2 aliphatic heterocycles. The quantitative estimate of drug-likeness (QED) is 0.835. The summed E-state index contributed by atoms with van der Waals surface area (Å²) in [6.07, 6.45) is 4.30. The van der Waals surface area contributed by atoms with E-state index in [1.807, 2.05) is 6.20 Å². The molecule has 1 aromatic heterocycles. The molecule has 3 rings (SSSR count). The Hall–Kier alpha value is -1.43. The summed E-state index contributed by atoms with van der Waals surface area (Å²) in [5.41, 5.74) is 0. The number of rotatable bonds is 3. The van der Waals surface area contributed by atoms with Gasteiger partial charge in [0.1, 0.15) is 0 Å². The van der Waals surface area contributed by atoms with Crippen LogP contribution in [0.4, 0.5) is 11.8 Å². The van der Waals surface area contributed by atoms with Gasteiger partial charge in [-0.25, -0.2) is 0 Å². The van der Waals surface area contributed by atoms with Gasteiger partial charge in [0.15, 0.2) is 5.82 Å². The molecule has 0 amide bonds. The van der Waals surface area contributed by atoms with Crippen molar-refractivity contribution >= 4 is 11.8 Å². The van der Waals surface area contributed by atoms with Gasteiger partial charge in [0, 0.05) is 39.3 Å². The lowest BCUT2D eigenvalue weighted by Crippen LogP contribution is -2.47. The largest absolute Gasteiger partial charge is 0.355 e. The Balaban J connectivity index is 1.66. The van der Waals surface area contributed by atoms with Crippen molar-refractivity contribution in [3.63, 3.8) is 0 Å². The number of hydrogen-bond acceptors (Lipinski definition) is 6. The molecule has 0 spiro atoms. The highest BCUT2D eigenvalue weighted by Gasteiger charge is 2.21. The van der Waals surface area contributed by atoms with E-state index in [4.69, 9.17) is 4.98 Å². The van der Waals surface area contributed by atoms with Crippen molar-refractivity contribution in [1.82, 2.24) is 20.1 Å². The number of piperazine rings is 1. The van der Waals surface area contributed by atoms with E-state index in [2.05, 4.69) is 38.7 Å². The molecule has 21 heavy (non-hydrogen) atoms. The molecular formula is C15H26N6. The van der Waals surface area contributed by atoms with Crippen LogP contribution in [0.3, 0.4) is 0 Å². The maximum atomic E-state index is 4.76. The van der Waals surface area contributed by atoms with Crippen LogP contribution in [0.5, 0.6) is 0 Å². The maximum Gasteiger partial charge on any atom is 0.247 e. The third kappa shape index (κ3) is 3.43. The van der Waals surface area contributed by atoms with Crippen LogP contribution in [0.1, 0.15) is 26.7 Å². The van der Waals surface area contributed by atoms with Gasteiger partial charge in [-0.2, -0.15) is 10.1 Å². The number of anilines is 2. The van der Waals surface area contributed by atoms with Gasteiger partial charge in [-0.3, -0.25) is 0 Å². The van der Waals surface area contributed by atoms with E-state index in [1.165, 1.54) is 12.8 Å². The molecule has 3 heterocycles. The SMILES string of the molecule is CCN1CCN(c2nncc(N3CCC(C)CC3)n2)CC1. The van der Waals surface area contributed by atoms with Gasteiger partial charge < -0.3 is 14.7 Å². The highest BCUT2D eigenvalue weighted by atomic mass is 15.4. The molecule has 0 aliphatic carbocycles. The summed E-state index contributed by atoms with van der Waals surface area (Å²) in [6, 6.07) is 0. The average Bonchev–Trinajstić information content (AvgIpc) is 2.56. The van der Waals surface area contributed by atoms with Gasteiger partial charge in [-0.15, -0.1) is 5.10 Å². The third-order valence-corrected chi connectivity index (χ3v) is 4.74. The summed E-state index contributed by atoms with van der Waals surface area (Å²) >= 11 is 0. The minimum atomic E-state index is 0.793. The van der Waals surface area contributed by atoms with Crippen LogP contribution in [0, 0.1) is 5.92 Å². The van der Waals surface area contributed by atoms with Crippen molar-refractivity contribution in [2.24, 2.45) is 5.92 Å². The molecule has 6 heteroatoms. The normalized spacial score (nSPS) is 21.8. The van der Waals surface area contributed by atoms with Crippen molar-refractivity contribution in [3.8, 4) is 0 Å². The monoisotopic (exact) mass is 290 g/mol. The summed E-state index contributed by atoms with van der Waals surface area (Å²) < 4.78 is 0. The lowest BCUT2D eigenvalue weighted by atomic mass is 9.99. The van der Waals surface area contributed by atoms with E-state index in [1.54, 1.807) is 0 Å². The first-order valence-electron chi connectivity index (χ1n) is 8.18. The van der Waals surface area contributed by atoms with Gasteiger partial charge in [-0.05, 0) is 25.3 Å². The fourth-order valence-electron chi connectivity index (χ4n) is 3.07. The first-order valence-corrected chi connectivity index (χ1v) is 8.18. The molecule has 0 saturated carbocycles. The summed E-state index contributed by atoms with van der Waals surface area (Å²) in [7, 11) is 0. The van der Waals surface area contributed by atoms with E-state index in [0.29, 0.717) is 0 Å². The lowest BCUT2D eigenvalue weighted by molar-refractivity contribution is 0.269. The van der Waals surface area contributed by atoms with Gasteiger partial charge in [0.25, 0.3) is 0 Å². The van der Waals surface area contributed by atoms with Gasteiger partial charge >= 0.3 is 0 Å². The number of nitrogens with zero attached hydrogens (tertiary/aromatic N) is 6. The van der Waals surface area contributed by atoms with E-state index in [9.17, 15) is 0 Å². The molecule has 2 fully saturated rings. The maximum absolute atomic E-state index is 4.76. The minimum absolute atomic E-state index is 0.793. The molecule has 1 aromatic rings. The Morgan fingerprint density at radius 2 is 1.76 bits per heavy atom. The number of likely N-dealkylation sites (N-methyl/N-ethyl adjacent to an activating group) is 1. The molecule has 0 atom stereocenters. The van der Waals surface area contributed by atoms with Crippen molar-refractivity contribution in [1.29, 1.82) is 0 Å². The summed E-state index contributed by atoms with van der Waals surface area (Å²) in [4.78, 5) is 11.8. The molecule has 0 unspecified atom stereocenters. The molecule has 2 saturated heterocycles. The zero-order valence-electron chi connectivity index (χ0n) is 13.2. The van der Waals surface area contributed by atoms with Crippen molar-refractivity contribution in [2.45, 2.75) is 26.7 Å². The third-order valence-electron chi connectivity index (χ3n) is 4.74. The van der Waals surface area contributed by atoms with Crippen LogP contribution in [-0.2, 0) is 0 Å². The van der Waals surface area contributed by atoms with E-state index in [-0.39, 0.29) is 0 Å². The fourth-order valence-corrected chi connectivity index (χ4v) is 3.07. The fraction of sp³-hybridized carbons (Fsp3) is 0.800. The average molecular weight is 290 g/mol. The smallest absolute Gasteiger partial charge is 0.247 e. The van der Waals surface area contributed by atoms with Crippen LogP contribution < -0.4 is 9.80 Å². The van der Waals surface area contributed by atoms with Crippen LogP contribution in [0.15, 0.2) is 6.20 Å². The van der Waals surface area contributed by atoms with E-state index < -0.39 is 0 Å². The number of hydrogen-bond donors (Lipinski definition) is 0. The van der Waals surface area contributed by atoms with Crippen LogP contribution in [0.2, 0.25) is 0 Å². The second-order valence-corrected chi connectivity index (χ2v) is 6.21. The molecule has 0 radical (unpaired) electrons. The van der Waals surface area contributed by atoms with Gasteiger partial charge in [0.05, 0.1) is 6.20 Å². The predicted octanol–water partition coefficient (Wildman–Crippen LogP) is 1.25. The summed E-state index contributed by atoms with van der Waals surface area (Å²) in [5.74, 6) is 2.62. The summed E-state index contributed by atoms with van der Waals surface area (Å²) in [6.45, 7) is 12.0. The molecule has 116 valence electrons. The Morgan fingerprint density at radius 3 is 2.43 bits per heavy atom. The highest BCUT2D eigenvalue weighted by molar-refractivity contribution is 5.42. The number of piperidine rings is 1. The Bertz CT molecular complexity index is 449. The Morgan fingerprint density at radius 1 is 1.05 bits per heavy atom. The lowest BCUT2D eigenvalue weighted by Gasteiger charge is -2.34. The second kappa shape index (κ2) is 6.56. The Labute approximate surface area is 127 Å². The molecule has 0 N–H and O–H groups in total. The topological polar surface area (TPSA) is 48.4 Å². The van der Waals surface area contributed by atoms with E-state index in [0.717, 1.165) is 63.5 Å². The zero-order valence-corrected chi connectivity index (χ0v) is 13.2. The van der Waals surface area contributed by atoms with Gasteiger partial charge in [0.2, 0.25) is 5.95 Å². The molecule has 6 nitrogen and oxygen atoms in total. The molecule has 0 bridgehead atoms. The standard InChI is InChI=1S/C15H26N6/c1-3-19-8-10-21(11-9-19)15-17-14(12-16-18-15)20-6-4-13(2)5-7-20/h12-13H,3-11H2,1-2H3. The number of aromatic nitrogens is 3. The van der Waals surface area contributed by atoms with Crippen LogP contribution >= 0.6 is 0 Å². The van der Waals surface area contributed by atoms with Crippen molar-refractivity contribution in [2.75, 3.05) is 55.6 Å². The van der Waals surface area contributed by atoms with Crippen molar-refractivity contribution in [3.05, 3.63) is 6.20 Å². The molecule has 2 aliphatic rings. The molecular weight excluding hydrogens is 264 g/mol. The first kappa shape index (κ1) is 14.5. The first-order chi connectivity index (χ1) is 10.3. The van der Waals surface area contributed by atoms with Crippen LogP contribution in [0.25, 0.3) is 0 Å².